The minimum atomic E-state index is -3.66. The topological polar surface area (TPSA) is 75.4 Å². The first-order valence-electron chi connectivity index (χ1n) is 7.06. The third-order valence-corrected chi connectivity index (χ3v) is 5.62. The lowest BCUT2D eigenvalue weighted by Gasteiger charge is -2.32. The van der Waals surface area contributed by atoms with Gasteiger partial charge in [0, 0.05) is 24.8 Å². The smallest absolute Gasteiger partial charge is 0.238 e. The third-order valence-electron chi connectivity index (χ3n) is 4.57. The summed E-state index contributed by atoms with van der Waals surface area (Å²) in [5.74, 6) is 0.668. The Kier molecular flexibility index (Phi) is 3.48. The van der Waals surface area contributed by atoms with Crippen LogP contribution in [0.3, 0.4) is 0 Å². The number of hydrogen-bond acceptors (Lipinski definition) is 4. The van der Waals surface area contributed by atoms with Gasteiger partial charge in [0.2, 0.25) is 10.0 Å². The van der Waals surface area contributed by atoms with E-state index in [0.29, 0.717) is 12.0 Å². The fraction of sp³-hybridized carbons (Fsp3) is 0.571. The van der Waals surface area contributed by atoms with Crippen LogP contribution in [0.4, 0.5) is 5.69 Å². The zero-order chi connectivity index (χ0) is 14.3. The summed E-state index contributed by atoms with van der Waals surface area (Å²) < 4.78 is 23.1. The number of primary sulfonamides is 1. The lowest BCUT2D eigenvalue weighted by Crippen LogP contribution is -2.39. The van der Waals surface area contributed by atoms with Gasteiger partial charge in [-0.2, -0.15) is 0 Å². The number of benzene rings is 1. The number of nitrogens with zero attached hydrogens (tertiary/aromatic N) is 1. The molecule has 0 aliphatic carbocycles. The van der Waals surface area contributed by atoms with Crippen molar-refractivity contribution in [1.29, 1.82) is 0 Å². The lowest BCUT2D eigenvalue weighted by molar-refractivity contribution is 0.255. The summed E-state index contributed by atoms with van der Waals surface area (Å²) in [5, 5.41) is 8.80. The second-order valence-corrected chi connectivity index (χ2v) is 7.39. The minimum absolute atomic E-state index is 0.214. The van der Waals surface area contributed by atoms with Gasteiger partial charge in [-0.25, -0.2) is 13.6 Å². The molecule has 1 aromatic carbocycles. The first-order chi connectivity index (χ1) is 9.45. The zero-order valence-corrected chi connectivity index (χ0v) is 12.5. The van der Waals surface area contributed by atoms with Crippen molar-refractivity contribution in [1.82, 2.24) is 4.90 Å². The van der Waals surface area contributed by atoms with Gasteiger partial charge in [0.05, 0.1) is 4.90 Å². The molecule has 2 fully saturated rings. The van der Waals surface area contributed by atoms with Crippen molar-refractivity contribution in [3.63, 3.8) is 0 Å². The summed E-state index contributed by atoms with van der Waals surface area (Å²) >= 11 is 0. The van der Waals surface area contributed by atoms with E-state index in [9.17, 15) is 8.42 Å². The van der Waals surface area contributed by atoms with Crippen LogP contribution >= 0.6 is 0 Å². The van der Waals surface area contributed by atoms with Crippen molar-refractivity contribution in [2.75, 3.05) is 25.0 Å². The van der Waals surface area contributed by atoms with Gasteiger partial charge in [0.15, 0.2) is 0 Å². The van der Waals surface area contributed by atoms with E-state index in [0.717, 1.165) is 30.8 Å². The van der Waals surface area contributed by atoms with Crippen LogP contribution in [0.2, 0.25) is 0 Å². The van der Waals surface area contributed by atoms with E-state index < -0.39 is 10.0 Å². The van der Waals surface area contributed by atoms with Crippen molar-refractivity contribution in [2.24, 2.45) is 11.1 Å². The quantitative estimate of drug-likeness (QED) is 0.877. The van der Waals surface area contributed by atoms with E-state index in [1.165, 1.54) is 13.0 Å². The van der Waals surface area contributed by atoms with Gasteiger partial charge >= 0.3 is 0 Å². The van der Waals surface area contributed by atoms with E-state index in [1.54, 1.807) is 12.1 Å². The molecule has 6 heteroatoms. The molecular weight excluding hydrogens is 274 g/mol. The first-order valence-corrected chi connectivity index (χ1v) is 8.61. The Hall–Kier alpha value is -1.11. The third kappa shape index (κ3) is 2.55. The number of sulfonamides is 1. The van der Waals surface area contributed by atoms with Gasteiger partial charge in [-0.1, -0.05) is 6.07 Å². The number of nitrogens with one attached hydrogen (secondary N) is 1. The molecule has 0 radical (unpaired) electrons. The normalized spacial score (nSPS) is 29.4. The van der Waals surface area contributed by atoms with Crippen LogP contribution < -0.4 is 10.5 Å². The molecule has 3 atom stereocenters. The fourth-order valence-electron chi connectivity index (χ4n) is 3.42. The molecule has 3 unspecified atom stereocenters. The standard InChI is InChI=1S/C14H21N3O2S/c1-10-12(3-2-4-14(10)20(15,18)19)16-13-6-8-17-7-5-11(13)9-17/h2-4,11,13,16H,5-9H2,1H3,(H2,15,18,19). The van der Waals surface area contributed by atoms with Crippen molar-refractivity contribution in [3.8, 4) is 0 Å². The van der Waals surface area contributed by atoms with Crippen LogP contribution in [-0.4, -0.2) is 39.0 Å². The van der Waals surface area contributed by atoms with E-state index >= 15 is 0 Å². The summed E-state index contributed by atoms with van der Waals surface area (Å²) in [6.45, 7) is 5.29. The Balaban J connectivity index is 1.84. The van der Waals surface area contributed by atoms with Gasteiger partial charge in [-0.3, -0.25) is 0 Å². The maximum Gasteiger partial charge on any atom is 0.238 e. The second kappa shape index (κ2) is 5.02. The number of piperidine rings is 1. The summed E-state index contributed by atoms with van der Waals surface area (Å²) in [5.41, 5.74) is 1.61. The molecule has 1 aromatic rings. The van der Waals surface area contributed by atoms with Gasteiger partial charge in [-0.15, -0.1) is 0 Å². The maximum atomic E-state index is 11.6. The van der Waals surface area contributed by atoms with E-state index in [4.69, 9.17) is 5.14 Å². The summed E-state index contributed by atoms with van der Waals surface area (Å²) in [4.78, 5) is 2.71. The van der Waals surface area contributed by atoms with Gasteiger partial charge < -0.3 is 10.2 Å². The number of fused-ring (bicyclic) bond motifs is 2. The highest BCUT2D eigenvalue weighted by Gasteiger charge is 2.34. The molecule has 0 aromatic heterocycles. The van der Waals surface area contributed by atoms with Crippen molar-refractivity contribution < 1.29 is 8.42 Å². The molecule has 20 heavy (non-hydrogen) atoms. The Morgan fingerprint density at radius 2 is 2.05 bits per heavy atom. The average molecular weight is 295 g/mol. The molecule has 3 rings (SSSR count). The van der Waals surface area contributed by atoms with Crippen molar-refractivity contribution in [2.45, 2.75) is 30.7 Å². The zero-order valence-electron chi connectivity index (χ0n) is 11.7. The molecule has 2 aliphatic rings. The number of rotatable bonds is 3. The first kappa shape index (κ1) is 13.9. The van der Waals surface area contributed by atoms with Crippen LogP contribution in [0.1, 0.15) is 18.4 Å². The molecule has 110 valence electrons. The predicted octanol–water partition coefficient (Wildman–Crippen LogP) is 1.15. The van der Waals surface area contributed by atoms with E-state index in [1.807, 2.05) is 13.0 Å². The Labute approximate surface area is 120 Å². The van der Waals surface area contributed by atoms with E-state index in [2.05, 4.69) is 10.2 Å². The molecule has 2 aliphatic heterocycles. The highest BCUT2D eigenvalue weighted by atomic mass is 32.2. The second-order valence-electron chi connectivity index (χ2n) is 5.86. The van der Waals surface area contributed by atoms with Crippen LogP contribution in [-0.2, 0) is 10.0 Å². The van der Waals surface area contributed by atoms with Gasteiger partial charge in [0.25, 0.3) is 0 Å². The molecule has 0 amide bonds. The largest absolute Gasteiger partial charge is 0.382 e. The molecule has 0 spiro atoms. The van der Waals surface area contributed by atoms with Gasteiger partial charge in [0.1, 0.15) is 0 Å². The van der Waals surface area contributed by atoms with Crippen LogP contribution in [0.5, 0.6) is 0 Å². The Bertz CT molecular complexity index is 615. The van der Waals surface area contributed by atoms with Crippen molar-refractivity contribution >= 4 is 15.7 Å². The van der Waals surface area contributed by atoms with Crippen LogP contribution in [0.15, 0.2) is 23.1 Å². The molecule has 2 saturated heterocycles. The van der Waals surface area contributed by atoms with Crippen LogP contribution in [0, 0.1) is 12.8 Å². The van der Waals surface area contributed by atoms with Crippen LogP contribution in [0.25, 0.3) is 0 Å². The highest BCUT2D eigenvalue weighted by Crippen LogP contribution is 2.31. The maximum absolute atomic E-state index is 11.6. The average Bonchev–Trinajstić information content (AvgIpc) is 2.76. The van der Waals surface area contributed by atoms with E-state index in [-0.39, 0.29) is 4.90 Å². The summed E-state index contributed by atoms with van der Waals surface area (Å²) in [6.07, 6.45) is 2.34. The minimum Gasteiger partial charge on any atom is -0.382 e. The van der Waals surface area contributed by atoms with Crippen molar-refractivity contribution in [3.05, 3.63) is 23.8 Å². The molecule has 5 nitrogen and oxygen atoms in total. The monoisotopic (exact) mass is 295 g/mol. The molecule has 2 heterocycles. The lowest BCUT2D eigenvalue weighted by atomic mass is 9.93. The SMILES string of the molecule is Cc1c(NC2CCN3CCC2C3)cccc1S(N)(=O)=O. The number of anilines is 1. The predicted molar refractivity (Wildman–Crippen MR) is 79.1 cm³/mol. The molecular formula is C14H21N3O2S. The summed E-state index contributed by atoms with van der Waals surface area (Å²) in [6, 6.07) is 5.68. The summed E-state index contributed by atoms with van der Waals surface area (Å²) in [7, 11) is -3.66. The fourth-order valence-corrected chi connectivity index (χ4v) is 4.23. The number of hydrogen-bond donors (Lipinski definition) is 2. The molecule has 2 bridgehead atoms. The Morgan fingerprint density at radius 1 is 1.30 bits per heavy atom. The number of nitrogens with two attached hydrogens (primary N) is 1. The molecule has 3 N–H and O–H groups in total. The molecule has 0 saturated carbocycles. The van der Waals surface area contributed by atoms with Gasteiger partial charge in [-0.05, 0) is 49.9 Å². The Morgan fingerprint density at radius 3 is 2.80 bits per heavy atom. The highest BCUT2D eigenvalue weighted by molar-refractivity contribution is 7.89.